The Bertz CT molecular complexity index is 906. The van der Waals surface area contributed by atoms with E-state index in [4.69, 9.17) is 0 Å². The molecule has 0 unspecified atom stereocenters. The van der Waals surface area contributed by atoms with E-state index in [1.807, 2.05) is 42.5 Å². The lowest BCUT2D eigenvalue weighted by Gasteiger charge is -2.21. The van der Waals surface area contributed by atoms with E-state index in [9.17, 15) is 14.7 Å². The van der Waals surface area contributed by atoms with Crippen LogP contribution in [0.25, 0.3) is 11.1 Å². The molecule has 0 saturated carbocycles. The zero-order valence-electron chi connectivity index (χ0n) is 15.6. The third-order valence-corrected chi connectivity index (χ3v) is 4.68. The average molecular weight is 377 g/mol. The molecule has 0 spiro atoms. The van der Waals surface area contributed by atoms with Gasteiger partial charge in [-0.05, 0) is 29.5 Å². The Morgan fingerprint density at radius 1 is 1.07 bits per heavy atom. The van der Waals surface area contributed by atoms with Gasteiger partial charge in [-0.1, -0.05) is 61.5 Å². The lowest BCUT2D eigenvalue weighted by Crippen LogP contribution is -2.38. The number of hydrogen-bond acceptors (Lipinski definition) is 3. The number of nitrogens with one attached hydrogen (secondary N) is 2. The predicted octanol–water partition coefficient (Wildman–Crippen LogP) is 3.53. The number of carbonyl (C=O) groups excluding carboxylic acids is 1. The van der Waals surface area contributed by atoms with E-state index in [0.717, 1.165) is 16.7 Å². The number of carbonyl (C=O) groups is 2. The van der Waals surface area contributed by atoms with Crippen LogP contribution in [0.15, 0.2) is 67.1 Å². The molecular weight excluding hydrogens is 354 g/mol. The maximum Gasteiger partial charge on any atom is 0.306 e. The number of imidazole rings is 1. The van der Waals surface area contributed by atoms with Gasteiger partial charge in [0, 0.05) is 6.04 Å². The van der Waals surface area contributed by atoms with Gasteiger partial charge in [0.2, 0.25) is 0 Å². The number of aromatic amines is 1. The SMILES string of the molecule is C[C@H](C[C@@H](Cc1ccc(-c2ccccc2)cc1)NC(=O)c1cnc[nH]1)C(=O)O. The van der Waals surface area contributed by atoms with Crippen LogP contribution in [-0.4, -0.2) is 33.0 Å². The first-order chi connectivity index (χ1) is 13.5. The molecule has 0 aliphatic carbocycles. The summed E-state index contributed by atoms with van der Waals surface area (Å²) in [6.45, 7) is 1.65. The monoisotopic (exact) mass is 377 g/mol. The highest BCUT2D eigenvalue weighted by atomic mass is 16.4. The summed E-state index contributed by atoms with van der Waals surface area (Å²) in [5, 5.41) is 12.2. The van der Waals surface area contributed by atoms with Crippen molar-refractivity contribution in [2.45, 2.75) is 25.8 Å². The number of amides is 1. The minimum atomic E-state index is -0.875. The van der Waals surface area contributed by atoms with Crippen LogP contribution < -0.4 is 5.32 Å². The van der Waals surface area contributed by atoms with Crippen molar-refractivity contribution in [2.75, 3.05) is 0 Å². The second-order valence-electron chi connectivity index (χ2n) is 6.88. The molecule has 0 bridgehead atoms. The zero-order chi connectivity index (χ0) is 19.9. The van der Waals surface area contributed by atoms with Gasteiger partial charge >= 0.3 is 5.97 Å². The van der Waals surface area contributed by atoms with E-state index in [2.05, 4.69) is 27.4 Å². The molecule has 2 aromatic carbocycles. The number of rotatable bonds is 8. The van der Waals surface area contributed by atoms with Crippen molar-refractivity contribution < 1.29 is 14.7 Å². The number of carboxylic acids is 1. The van der Waals surface area contributed by atoms with E-state index in [1.54, 1.807) is 6.92 Å². The van der Waals surface area contributed by atoms with Crippen molar-refractivity contribution >= 4 is 11.9 Å². The number of aromatic nitrogens is 2. The smallest absolute Gasteiger partial charge is 0.306 e. The topological polar surface area (TPSA) is 95.1 Å². The van der Waals surface area contributed by atoms with Crippen LogP contribution in [0.3, 0.4) is 0 Å². The van der Waals surface area contributed by atoms with E-state index >= 15 is 0 Å². The average Bonchev–Trinajstić information content (AvgIpc) is 3.24. The van der Waals surface area contributed by atoms with Crippen LogP contribution in [0.4, 0.5) is 0 Å². The molecule has 0 aliphatic heterocycles. The van der Waals surface area contributed by atoms with Gasteiger partial charge in [0.15, 0.2) is 0 Å². The molecule has 0 radical (unpaired) electrons. The summed E-state index contributed by atoms with van der Waals surface area (Å²) < 4.78 is 0. The van der Waals surface area contributed by atoms with Gasteiger partial charge in [-0.25, -0.2) is 4.98 Å². The Balaban J connectivity index is 1.72. The van der Waals surface area contributed by atoms with E-state index in [1.165, 1.54) is 12.5 Å². The Kier molecular flexibility index (Phi) is 6.22. The molecule has 2 atom stereocenters. The van der Waals surface area contributed by atoms with Gasteiger partial charge in [-0.2, -0.15) is 0 Å². The van der Waals surface area contributed by atoms with Crippen molar-refractivity contribution in [3.8, 4) is 11.1 Å². The molecule has 1 heterocycles. The lowest BCUT2D eigenvalue weighted by atomic mass is 9.95. The molecule has 28 heavy (non-hydrogen) atoms. The summed E-state index contributed by atoms with van der Waals surface area (Å²) in [6.07, 6.45) is 3.77. The number of benzene rings is 2. The Hall–Kier alpha value is -3.41. The maximum absolute atomic E-state index is 12.4. The standard InChI is InChI=1S/C22H23N3O3/c1-15(22(27)28)11-19(25-21(26)20-13-23-14-24-20)12-16-7-9-18(10-8-16)17-5-3-2-4-6-17/h2-10,13-15,19H,11-12H2,1H3,(H,23,24)(H,25,26)(H,27,28)/t15-,19+/m1/s1. The minimum absolute atomic E-state index is 0.291. The summed E-state index contributed by atoms with van der Waals surface area (Å²) in [4.78, 5) is 30.3. The summed E-state index contributed by atoms with van der Waals surface area (Å²) >= 11 is 0. The van der Waals surface area contributed by atoms with Crippen LogP contribution in [0, 0.1) is 5.92 Å². The largest absolute Gasteiger partial charge is 0.481 e. The van der Waals surface area contributed by atoms with Crippen molar-refractivity contribution in [1.82, 2.24) is 15.3 Å². The number of aliphatic carboxylic acids is 1. The van der Waals surface area contributed by atoms with Crippen LogP contribution in [0.1, 0.15) is 29.4 Å². The molecule has 6 heteroatoms. The van der Waals surface area contributed by atoms with Crippen molar-refractivity contribution in [3.63, 3.8) is 0 Å². The first-order valence-electron chi connectivity index (χ1n) is 9.19. The highest BCUT2D eigenvalue weighted by Gasteiger charge is 2.21. The summed E-state index contributed by atoms with van der Waals surface area (Å²) in [6, 6.07) is 17.9. The highest BCUT2D eigenvalue weighted by Crippen LogP contribution is 2.20. The molecule has 3 rings (SSSR count). The molecule has 0 saturated heterocycles. The Labute approximate surface area is 163 Å². The molecule has 0 fully saturated rings. The molecule has 1 amide bonds. The second-order valence-corrected chi connectivity index (χ2v) is 6.88. The van der Waals surface area contributed by atoms with Gasteiger partial charge in [0.05, 0.1) is 18.4 Å². The number of H-pyrrole nitrogens is 1. The van der Waals surface area contributed by atoms with E-state index < -0.39 is 11.9 Å². The molecule has 3 aromatic rings. The van der Waals surface area contributed by atoms with E-state index in [-0.39, 0.29) is 11.9 Å². The third-order valence-electron chi connectivity index (χ3n) is 4.68. The van der Waals surface area contributed by atoms with Crippen LogP contribution in [-0.2, 0) is 11.2 Å². The van der Waals surface area contributed by atoms with Gasteiger partial charge < -0.3 is 15.4 Å². The maximum atomic E-state index is 12.4. The fraction of sp³-hybridized carbons (Fsp3) is 0.227. The summed E-state index contributed by atoms with van der Waals surface area (Å²) in [5.74, 6) is -1.73. The molecular formula is C22H23N3O3. The van der Waals surface area contributed by atoms with Gasteiger partial charge in [-0.15, -0.1) is 0 Å². The predicted molar refractivity (Wildman–Crippen MR) is 107 cm³/mol. The zero-order valence-corrected chi connectivity index (χ0v) is 15.6. The van der Waals surface area contributed by atoms with Gasteiger partial charge in [0.1, 0.15) is 5.69 Å². The van der Waals surface area contributed by atoms with Crippen LogP contribution >= 0.6 is 0 Å². The highest BCUT2D eigenvalue weighted by molar-refractivity contribution is 5.92. The van der Waals surface area contributed by atoms with Gasteiger partial charge in [-0.3, -0.25) is 9.59 Å². The number of hydrogen-bond donors (Lipinski definition) is 3. The minimum Gasteiger partial charge on any atom is -0.481 e. The number of carboxylic acid groups (broad SMARTS) is 1. The molecule has 144 valence electrons. The van der Waals surface area contributed by atoms with Crippen molar-refractivity contribution in [2.24, 2.45) is 5.92 Å². The summed E-state index contributed by atoms with van der Waals surface area (Å²) in [5.41, 5.74) is 3.64. The van der Waals surface area contributed by atoms with Crippen molar-refractivity contribution in [1.29, 1.82) is 0 Å². The fourth-order valence-corrected chi connectivity index (χ4v) is 3.11. The molecule has 3 N–H and O–H groups in total. The number of nitrogens with zero attached hydrogens (tertiary/aromatic N) is 1. The molecule has 6 nitrogen and oxygen atoms in total. The Morgan fingerprint density at radius 2 is 1.75 bits per heavy atom. The quantitative estimate of drug-likeness (QED) is 0.560. The first kappa shape index (κ1) is 19.4. The van der Waals surface area contributed by atoms with Crippen LogP contribution in [0.2, 0.25) is 0 Å². The Morgan fingerprint density at radius 3 is 2.36 bits per heavy atom. The lowest BCUT2D eigenvalue weighted by molar-refractivity contribution is -0.141. The molecule has 1 aromatic heterocycles. The van der Waals surface area contributed by atoms with Crippen LogP contribution in [0.5, 0.6) is 0 Å². The first-order valence-corrected chi connectivity index (χ1v) is 9.19. The molecule has 0 aliphatic rings. The van der Waals surface area contributed by atoms with Gasteiger partial charge in [0.25, 0.3) is 5.91 Å². The third kappa shape index (κ3) is 5.07. The normalized spacial score (nSPS) is 12.9. The van der Waals surface area contributed by atoms with E-state index in [0.29, 0.717) is 18.5 Å². The summed E-state index contributed by atoms with van der Waals surface area (Å²) in [7, 11) is 0. The van der Waals surface area contributed by atoms with Crippen molar-refractivity contribution in [3.05, 3.63) is 78.4 Å². The fourth-order valence-electron chi connectivity index (χ4n) is 3.11. The second kappa shape index (κ2) is 8.99.